The maximum absolute atomic E-state index is 12.1. The van der Waals surface area contributed by atoms with Crippen molar-refractivity contribution in [3.8, 4) is 5.75 Å². The summed E-state index contributed by atoms with van der Waals surface area (Å²) in [6.07, 6.45) is 2.91. The van der Waals surface area contributed by atoms with E-state index in [0.29, 0.717) is 23.6 Å². The average Bonchev–Trinajstić information content (AvgIpc) is 3.26. The van der Waals surface area contributed by atoms with Gasteiger partial charge in [0.25, 0.3) is 15.9 Å². The van der Waals surface area contributed by atoms with E-state index >= 15 is 0 Å². The van der Waals surface area contributed by atoms with Gasteiger partial charge in [0, 0.05) is 0 Å². The van der Waals surface area contributed by atoms with E-state index < -0.39 is 10.0 Å². The van der Waals surface area contributed by atoms with Crippen LogP contribution in [0.3, 0.4) is 0 Å². The lowest BCUT2D eigenvalue weighted by Crippen LogP contribution is -2.28. The molecule has 0 saturated carbocycles. The Morgan fingerprint density at radius 2 is 1.79 bits per heavy atom. The van der Waals surface area contributed by atoms with Crippen molar-refractivity contribution in [1.29, 1.82) is 0 Å². The van der Waals surface area contributed by atoms with E-state index in [0.717, 1.165) is 0 Å². The summed E-state index contributed by atoms with van der Waals surface area (Å²) in [5.41, 5.74) is 0.662. The van der Waals surface area contributed by atoms with E-state index in [2.05, 4.69) is 15.2 Å². The third kappa shape index (κ3) is 6.22. The van der Waals surface area contributed by atoms with Crippen molar-refractivity contribution >= 4 is 22.1 Å². The second kappa shape index (κ2) is 9.56. The molecule has 0 atom stereocenters. The minimum atomic E-state index is -3.70. The SMILES string of the molecule is O=C(COc1ccc(/C=N\NS(=O)(=O)c2ccccc2)cc1)NCc1ccco1. The van der Waals surface area contributed by atoms with Gasteiger partial charge in [-0.15, -0.1) is 0 Å². The first-order valence-corrected chi connectivity index (χ1v) is 10.1. The molecule has 0 spiro atoms. The third-order valence-electron chi connectivity index (χ3n) is 3.73. The quantitative estimate of drug-likeness (QED) is 0.413. The molecule has 0 unspecified atom stereocenters. The van der Waals surface area contributed by atoms with Crippen LogP contribution in [0, 0.1) is 0 Å². The number of rotatable bonds is 9. The molecule has 2 aromatic carbocycles. The Kier molecular flexibility index (Phi) is 6.64. The summed E-state index contributed by atoms with van der Waals surface area (Å²) in [7, 11) is -3.70. The standard InChI is InChI=1S/C20H19N3O5S/c24-20(21-14-18-5-4-12-27-18)15-28-17-10-8-16(9-11-17)13-22-23-29(25,26)19-6-2-1-3-7-19/h1-13,23H,14-15H2,(H,21,24)/b22-13-. The number of ether oxygens (including phenoxy) is 1. The summed E-state index contributed by atoms with van der Waals surface area (Å²) in [5, 5.41) is 6.44. The summed E-state index contributed by atoms with van der Waals surface area (Å²) in [6, 6.07) is 18.2. The molecule has 8 nitrogen and oxygen atoms in total. The van der Waals surface area contributed by atoms with Crippen molar-refractivity contribution in [3.63, 3.8) is 0 Å². The van der Waals surface area contributed by atoms with E-state index in [1.54, 1.807) is 54.6 Å². The van der Waals surface area contributed by atoms with Gasteiger partial charge in [-0.2, -0.15) is 13.5 Å². The molecule has 1 aromatic heterocycles. The van der Waals surface area contributed by atoms with Gasteiger partial charge in [0.1, 0.15) is 11.5 Å². The van der Waals surface area contributed by atoms with Crippen LogP contribution in [0.4, 0.5) is 0 Å². The highest BCUT2D eigenvalue weighted by atomic mass is 32.2. The Bertz CT molecular complexity index is 1050. The Morgan fingerprint density at radius 1 is 1.03 bits per heavy atom. The van der Waals surface area contributed by atoms with E-state index in [1.807, 2.05) is 0 Å². The van der Waals surface area contributed by atoms with Gasteiger partial charge in [-0.05, 0) is 54.1 Å². The summed E-state index contributed by atoms with van der Waals surface area (Å²) < 4.78 is 34.7. The highest BCUT2D eigenvalue weighted by Gasteiger charge is 2.11. The Morgan fingerprint density at radius 3 is 2.48 bits per heavy atom. The van der Waals surface area contributed by atoms with Crippen molar-refractivity contribution in [2.24, 2.45) is 5.10 Å². The van der Waals surface area contributed by atoms with Crippen LogP contribution < -0.4 is 14.9 Å². The van der Waals surface area contributed by atoms with Gasteiger partial charge in [-0.1, -0.05) is 18.2 Å². The van der Waals surface area contributed by atoms with Gasteiger partial charge in [-0.25, -0.2) is 4.83 Å². The third-order valence-corrected chi connectivity index (χ3v) is 4.97. The second-order valence-electron chi connectivity index (χ2n) is 5.88. The number of carbonyl (C=O) groups excluding carboxylic acids is 1. The lowest BCUT2D eigenvalue weighted by Gasteiger charge is -2.07. The molecule has 0 aliphatic heterocycles. The number of carbonyl (C=O) groups is 1. The molecule has 0 fully saturated rings. The minimum Gasteiger partial charge on any atom is -0.484 e. The molecule has 3 rings (SSSR count). The van der Waals surface area contributed by atoms with E-state index in [-0.39, 0.29) is 17.4 Å². The predicted octanol–water partition coefficient (Wildman–Crippen LogP) is 2.29. The fourth-order valence-electron chi connectivity index (χ4n) is 2.27. The number of sulfonamides is 1. The maximum Gasteiger partial charge on any atom is 0.276 e. The number of benzene rings is 2. The van der Waals surface area contributed by atoms with Crippen molar-refractivity contribution in [3.05, 3.63) is 84.3 Å². The molecule has 1 amide bonds. The lowest BCUT2D eigenvalue weighted by atomic mass is 10.2. The largest absolute Gasteiger partial charge is 0.484 e. The molecular formula is C20H19N3O5S. The molecule has 1 heterocycles. The zero-order chi connectivity index (χ0) is 20.5. The van der Waals surface area contributed by atoms with Gasteiger partial charge < -0.3 is 14.5 Å². The molecular weight excluding hydrogens is 394 g/mol. The number of hydrogen-bond acceptors (Lipinski definition) is 6. The highest BCUT2D eigenvalue weighted by molar-refractivity contribution is 7.89. The fraction of sp³-hybridized carbons (Fsp3) is 0.100. The smallest absolute Gasteiger partial charge is 0.276 e. The van der Waals surface area contributed by atoms with E-state index in [9.17, 15) is 13.2 Å². The molecule has 150 valence electrons. The van der Waals surface area contributed by atoms with Gasteiger partial charge >= 0.3 is 0 Å². The zero-order valence-electron chi connectivity index (χ0n) is 15.3. The van der Waals surface area contributed by atoms with Crippen LogP contribution >= 0.6 is 0 Å². The van der Waals surface area contributed by atoms with Crippen molar-refractivity contribution in [2.45, 2.75) is 11.4 Å². The number of hydrogen-bond donors (Lipinski definition) is 2. The number of amides is 1. The summed E-state index contributed by atoms with van der Waals surface area (Å²) in [6.45, 7) is 0.161. The highest BCUT2D eigenvalue weighted by Crippen LogP contribution is 2.11. The monoisotopic (exact) mass is 413 g/mol. The van der Waals surface area contributed by atoms with Crippen LogP contribution in [0.25, 0.3) is 0 Å². The van der Waals surface area contributed by atoms with Crippen molar-refractivity contribution in [2.75, 3.05) is 6.61 Å². The molecule has 9 heteroatoms. The molecule has 3 aromatic rings. The van der Waals surface area contributed by atoms with Crippen molar-refractivity contribution < 1.29 is 22.4 Å². The van der Waals surface area contributed by atoms with Crippen LogP contribution in [0.2, 0.25) is 0 Å². The average molecular weight is 413 g/mol. The number of furan rings is 1. The van der Waals surface area contributed by atoms with Gasteiger partial charge in [0.05, 0.1) is 23.9 Å². The lowest BCUT2D eigenvalue weighted by molar-refractivity contribution is -0.123. The fourth-order valence-corrected chi connectivity index (χ4v) is 3.08. The number of nitrogens with zero attached hydrogens (tertiary/aromatic N) is 1. The number of nitrogens with one attached hydrogen (secondary N) is 2. The molecule has 0 saturated heterocycles. The first-order valence-electron chi connectivity index (χ1n) is 8.65. The topological polar surface area (TPSA) is 110 Å². The Hall–Kier alpha value is -3.59. The minimum absolute atomic E-state index is 0.131. The summed E-state index contributed by atoms with van der Waals surface area (Å²) >= 11 is 0. The van der Waals surface area contributed by atoms with Gasteiger partial charge in [-0.3, -0.25) is 4.79 Å². The normalized spacial score (nSPS) is 11.3. The molecule has 2 N–H and O–H groups in total. The Labute approximate surface area is 168 Å². The zero-order valence-corrected chi connectivity index (χ0v) is 16.1. The first kappa shape index (κ1) is 20.2. The predicted molar refractivity (Wildman–Crippen MR) is 107 cm³/mol. The second-order valence-corrected chi connectivity index (χ2v) is 7.54. The summed E-state index contributed by atoms with van der Waals surface area (Å²) in [5.74, 6) is 0.882. The molecule has 0 radical (unpaired) electrons. The molecule has 0 bridgehead atoms. The van der Waals surface area contributed by atoms with Crippen LogP contribution in [-0.2, 0) is 21.4 Å². The van der Waals surface area contributed by atoms with Crippen LogP contribution in [0.5, 0.6) is 5.75 Å². The molecule has 0 aliphatic carbocycles. The van der Waals surface area contributed by atoms with E-state index in [1.165, 1.54) is 24.6 Å². The summed E-state index contributed by atoms with van der Waals surface area (Å²) in [4.78, 5) is 14.1. The van der Waals surface area contributed by atoms with Crippen LogP contribution in [0.1, 0.15) is 11.3 Å². The van der Waals surface area contributed by atoms with Crippen LogP contribution in [-0.4, -0.2) is 27.1 Å². The van der Waals surface area contributed by atoms with Crippen molar-refractivity contribution in [1.82, 2.24) is 10.1 Å². The van der Waals surface area contributed by atoms with Crippen LogP contribution in [0.15, 0.2) is 87.4 Å². The number of hydrazone groups is 1. The molecule has 0 aliphatic rings. The van der Waals surface area contributed by atoms with Gasteiger partial charge in [0.15, 0.2) is 6.61 Å². The Balaban J connectivity index is 1.46. The van der Waals surface area contributed by atoms with E-state index in [4.69, 9.17) is 9.15 Å². The molecule has 29 heavy (non-hydrogen) atoms. The first-order chi connectivity index (χ1) is 14.0. The van der Waals surface area contributed by atoms with Gasteiger partial charge in [0.2, 0.25) is 0 Å². The maximum atomic E-state index is 12.1.